The van der Waals surface area contributed by atoms with Crippen LogP contribution in [0.3, 0.4) is 0 Å². The minimum absolute atomic E-state index is 0.366. The maximum absolute atomic E-state index is 6.55. The van der Waals surface area contributed by atoms with Crippen LogP contribution in [0.1, 0.15) is 36.5 Å². The van der Waals surface area contributed by atoms with E-state index in [2.05, 4.69) is 66.5 Å². The maximum atomic E-state index is 6.55. The van der Waals surface area contributed by atoms with Crippen LogP contribution in [0, 0.1) is 13.8 Å². The van der Waals surface area contributed by atoms with E-state index in [0.717, 1.165) is 55.1 Å². The Labute approximate surface area is 192 Å². The SMILES string of the molecule is CC(/C=C(\N)NC1CCCN(C2COC2)C1)=C(/N)c1ccc(-c2ccc(C)cc2)cc1C. The predicted molar refractivity (Wildman–Crippen MR) is 133 cm³/mol. The van der Waals surface area contributed by atoms with E-state index in [-0.39, 0.29) is 0 Å². The fraction of sp³-hybridized carbons (Fsp3) is 0.407. The van der Waals surface area contributed by atoms with Gasteiger partial charge in [-0.05, 0) is 68.5 Å². The Balaban J connectivity index is 1.45. The molecule has 0 bridgehead atoms. The fourth-order valence-electron chi connectivity index (χ4n) is 4.58. The largest absolute Gasteiger partial charge is 0.398 e. The average molecular weight is 433 g/mol. The van der Waals surface area contributed by atoms with E-state index in [9.17, 15) is 0 Å². The standard InChI is InChI=1S/C27H36N4O/c1-18-6-8-21(9-7-18)22-10-11-25(19(2)13-22)27(29)20(3)14-26(28)30-23-5-4-12-31(15-23)24-16-32-17-24/h6-11,13-14,23-24,30H,4-5,12,15-17,28-29H2,1-3H3/b26-14+,27-20-. The summed E-state index contributed by atoms with van der Waals surface area (Å²) in [5.41, 5.74) is 20.5. The number of hydrogen-bond acceptors (Lipinski definition) is 5. The molecule has 2 aromatic carbocycles. The maximum Gasteiger partial charge on any atom is 0.0966 e. The molecule has 2 saturated heterocycles. The van der Waals surface area contributed by atoms with Gasteiger partial charge in [-0.25, -0.2) is 0 Å². The highest BCUT2D eigenvalue weighted by Gasteiger charge is 2.30. The average Bonchev–Trinajstić information content (AvgIpc) is 2.72. The minimum atomic E-state index is 0.366. The molecule has 32 heavy (non-hydrogen) atoms. The molecule has 2 heterocycles. The molecule has 0 saturated carbocycles. The Hall–Kier alpha value is -2.76. The molecular weight excluding hydrogens is 396 g/mol. The molecular formula is C27H36N4O. The summed E-state index contributed by atoms with van der Waals surface area (Å²) < 4.78 is 5.35. The van der Waals surface area contributed by atoms with Gasteiger partial charge in [-0.15, -0.1) is 0 Å². The van der Waals surface area contributed by atoms with Crippen LogP contribution < -0.4 is 16.8 Å². The molecule has 1 unspecified atom stereocenters. The molecule has 0 amide bonds. The van der Waals surface area contributed by atoms with Gasteiger partial charge in [0.05, 0.1) is 25.1 Å². The first-order valence-electron chi connectivity index (χ1n) is 11.6. The number of rotatable bonds is 6. The molecule has 170 valence electrons. The van der Waals surface area contributed by atoms with Gasteiger partial charge < -0.3 is 21.5 Å². The number of allylic oxidation sites excluding steroid dienone is 2. The van der Waals surface area contributed by atoms with Gasteiger partial charge in [0.15, 0.2) is 0 Å². The van der Waals surface area contributed by atoms with Crippen LogP contribution in [-0.2, 0) is 4.74 Å². The van der Waals surface area contributed by atoms with Crippen LogP contribution in [0.25, 0.3) is 16.8 Å². The van der Waals surface area contributed by atoms with Gasteiger partial charge in [0.2, 0.25) is 0 Å². The van der Waals surface area contributed by atoms with Gasteiger partial charge >= 0.3 is 0 Å². The summed E-state index contributed by atoms with van der Waals surface area (Å²) in [6.45, 7) is 10.1. The second-order valence-corrected chi connectivity index (χ2v) is 9.26. The first kappa shape index (κ1) is 22.4. The molecule has 5 N–H and O–H groups in total. The molecule has 0 radical (unpaired) electrons. The zero-order valence-electron chi connectivity index (χ0n) is 19.5. The lowest BCUT2D eigenvalue weighted by Crippen LogP contribution is -2.56. The summed E-state index contributed by atoms with van der Waals surface area (Å²) in [5.74, 6) is 0.677. The van der Waals surface area contributed by atoms with Gasteiger partial charge in [-0.2, -0.15) is 0 Å². The second kappa shape index (κ2) is 9.80. The van der Waals surface area contributed by atoms with Crippen LogP contribution in [0.4, 0.5) is 0 Å². The van der Waals surface area contributed by atoms with Crippen molar-refractivity contribution < 1.29 is 4.74 Å². The molecule has 0 spiro atoms. The van der Waals surface area contributed by atoms with Crippen molar-refractivity contribution in [2.75, 3.05) is 26.3 Å². The van der Waals surface area contributed by atoms with Crippen LogP contribution in [0.15, 0.2) is 59.9 Å². The van der Waals surface area contributed by atoms with Crippen molar-refractivity contribution in [3.8, 4) is 11.1 Å². The first-order valence-corrected chi connectivity index (χ1v) is 11.6. The lowest BCUT2D eigenvalue weighted by atomic mass is 9.96. The molecule has 2 aromatic rings. The fourth-order valence-corrected chi connectivity index (χ4v) is 4.58. The topological polar surface area (TPSA) is 76.5 Å². The Morgan fingerprint density at radius 2 is 1.78 bits per heavy atom. The predicted octanol–water partition coefficient (Wildman–Crippen LogP) is 3.91. The molecule has 0 aliphatic carbocycles. The van der Waals surface area contributed by atoms with E-state index < -0.39 is 0 Å². The van der Waals surface area contributed by atoms with E-state index in [1.807, 2.05) is 13.0 Å². The van der Waals surface area contributed by atoms with E-state index >= 15 is 0 Å². The van der Waals surface area contributed by atoms with Crippen molar-refractivity contribution in [1.82, 2.24) is 10.2 Å². The summed E-state index contributed by atoms with van der Waals surface area (Å²) in [4.78, 5) is 2.52. The Bertz CT molecular complexity index is 1000. The summed E-state index contributed by atoms with van der Waals surface area (Å²) >= 11 is 0. The number of hydrogen-bond donors (Lipinski definition) is 3. The summed E-state index contributed by atoms with van der Waals surface area (Å²) in [7, 11) is 0. The van der Waals surface area contributed by atoms with Crippen molar-refractivity contribution in [3.05, 3.63) is 76.6 Å². The normalized spacial score (nSPS) is 21.1. The van der Waals surface area contributed by atoms with Crippen LogP contribution in [-0.4, -0.2) is 43.3 Å². The third kappa shape index (κ3) is 5.17. The first-order chi connectivity index (χ1) is 15.4. The van der Waals surface area contributed by atoms with Gasteiger partial charge in [-0.1, -0.05) is 48.0 Å². The Morgan fingerprint density at radius 1 is 1.06 bits per heavy atom. The van der Waals surface area contributed by atoms with E-state index in [1.165, 1.54) is 23.1 Å². The molecule has 2 aliphatic rings. The van der Waals surface area contributed by atoms with Gasteiger partial charge in [0, 0.05) is 23.8 Å². The molecule has 5 heteroatoms. The van der Waals surface area contributed by atoms with Gasteiger partial charge in [0.1, 0.15) is 0 Å². The highest BCUT2D eigenvalue weighted by atomic mass is 16.5. The Kier molecular flexibility index (Phi) is 6.87. The quantitative estimate of drug-likeness (QED) is 0.604. The lowest BCUT2D eigenvalue weighted by molar-refractivity contribution is -0.0728. The number of ether oxygens (including phenoxy) is 1. The van der Waals surface area contributed by atoms with Crippen molar-refractivity contribution in [3.63, 3.8) is 0 Å². The molecule has 2 aliphatic heterocycles. The zero-order chi connectivity index (χ0) is 22.7. The highest BCUT2D eigenvalue weighted by Crippen LogP contribution is 2.26. The number of nitrogens with zero attached hydrogens (tertiary/aromatic N) is 1. The van der Waals surface area contributed by atoms with Crippen LogP contribution in [0.2, 0.25) is 0 Å². The molecule has 0 aromatic heterocycles. The van der Waals surface area contributed by atoms with Crippen molar-refractivity contribution in [2.24, 2.45) is 11.5 Å². The van der Waals surface area contributed by atoms with Crippen LogP contribution >= 0.6 is 0 Å². The van der Waals surface area contributed by atoms with Crippen molar-refractivity contribution in [1.29, 1.82) is 0 Å². The minimum Gasteiger partial charge on any atom is -0.398 e. The third-order valence-electron chi connectivity index (χ3n) is 6.66. The van der Waals surface area contributed by atoms with Gasteiger partial charge in [-0.3, -0.25) is 4.90 Å². The second-order valence-electron chi connectivity index (χ2n) is 9.26. The molecule has 5 nitrogen and oxygen atoms in total. The van der Waals surface area contributed by atoms with Crippen molar-refractivity contribution >= 4 is 5.70 Å². The smallest absolute Gasteiger partial charge is 0.0966 e. The number of aryl methyl sites for hydroxylation is 2. The highest BCUT2D eigenvalue weighted by molar-refractivity contribution is 5.74. The lowest BCUT2D eigenvalue weighted by Gasteiger charge is -2.42. The van der Waals surface area contributed by atoms with Crippen LogP contribution in [0.5, 0.6) is 0 Å². The summed E-state index contributed by atoms with van der Waals surface area (Å²) in [6, 6.07) is 16.0. The van der Waals surface area contributed by atoms with Crippen molar-refractivity contribution in [2.45, 2.75) is 45.7 Å². The van der Waals surface area contributed by atoms with E-state index in [1.54, 1.807) is 0 Å². The zero-order valence-corrected chi connectivity index (χ0v) is 19.5. The summed E-state index contributed by atoms with van der Waals surface area (Å²) in [5, 5.41) is 3.51. The number of piperidine rings is 1. The molecule has 4 rings (SSSR count). The number of nitrogens with two attached hydrogens (primary N) is 2. The molecule has 2 fully saturated rings. The third-order valence-corrected chi connectivity index (χ3v) is 6.66. The van der Waals surface area contributed by atoms with Gasteiger partial charge in [0.25, 0.3) is 0 Å². The van der Waals surface area contributed by atoms with E-state index in [0.29, 0.717) is 17.9 Å². The number of likely N-dealkylation sites (tertiary alicyclic amines) is 1. The number of nitrogens with one attached hydrogen (secondary N) is 1. The van der Waals surface area contributed by atoms with E-state index in [4.69, 9.17) is 16.2 Å². The summed E-state index contributed by atoms with van der Waals surface area (Å²) in [6.07, 6.45) is 4.29. The number of benzene rings is 2. The Morgan fingerprint density at radius 3 is 2.44 bits per heavy atom. The molecule has 1 atom stereocenters. The monoisotopic (exact) mass is 432 g/mol.